The molecule has 0 unspecified atom stereocenters. The standard InChI is InChI=1S/C24H19N3O/c1-19(28)23-25-27(22-15-9-4-10-16-22)24(21-13-7-3-8-14-21)26(23)18-17-20-11-5-2-6-12-20/h2-16,24H,1H3/t24-/m0/s1. The third-order valence-electron chi connectivity index (χ3n) is 4.43. The monoisotopic (exact) mass is 365 g/mol. The Morgan fingerprint density at radius 3 is 2.04 bits per heavy atom. The molecule has 1 atom stereocenters. The Kier molecular flexibility index (Phi) is 4.90. The summed E-state index contributed by atoms with van der Waals surface area (Å²) in [4.78, 5) is 14.1. The number of rotatable bonds is 3. The molecular formula is C24H19N3O. The number of Topliss-reactive ketones (excluding diaryl/α,β-unsaturated/α-hetero) is 1. The Morgan fingerprint density at radius 1 is 0.857 bits per heavy atom. The number of para-hydroxylation sites is 1. The number of hydrogen-bond donors (Lipinski definition) is 0. The van der Waals surface area contributed by atoms with Gasteiger partial charge in [0, 0.05) is 18.5 Å². The van der Waals surface area contributed by atoms with Crippen LogP contribution in [0.4, 0.5) is 5.69 Å². The predicted octanol–water partition coefficient (Wildman–Crippen LogP) is 4.42. The number of benzene rings is 3. The molecule has 0 fully saturated rings. The molecule has 0 saturated carbocycles. The summed E-state index contributed by atoms with van der Waals surface area (Å²) in [6, 6.07) is 32.7. The fourth-order valence-corrected chi connectivity index (χ4v) is 3.13. The molecule has 4 nitrogen and oxygen atoms in total. The lowest BCUT2D eigenvalue weighted by molar-refractivity contribution is -0.111. The van der Waals surface area contributed by atoms with Gasteiger partial charge in [0.2, 0.25) is 5.84 Å². The van der Waals surface area contributed by atoms with Gasteiger partial charge in [0.25, 0.3) is 0 Å². The highest BCUT2D eigenvalue weighted by Gasteiger charge is 2.37. The van der Waals surface area contributed by atoms with Crippen LogP contribution in [0.1, 0.15) is 24.2 Å². The fraction of sp³-hybridized carbons (Fsp3) is 0.0833. The van der Waals surface area contributed by atoms with Gasteiger partial charge in [0.15, 0.2) is 11.9 Å². The van der Waals surface area contributed by atoms with Crippen LogP contribution in [0, 0.1) is 12.0 Å². The van der Waals surface area contributed by atoms with Crippen LogP contribution in [-0.2, 0) is 4.79 Å². The maximum absolute atomic E-state index is 12.4. The van der Waals surface area contributed by atoms with Gasteiger partial charge in [0.05, 0.1) is 5.69 Å². The van der Waals surface area contributed by atoms with E-state index >= 15 is 0 Å². The minimum Gasteiger partial charge on any atom is -0.291 e. The molecule has 1 aliphatic rings. The number of anilines is 1. The van der Waals surface area contributed by atoms with Gasteiger partial charge < -0.3 is 0 Å². The van der Waals surface area contributed by atoms with Crippen molar-refractivity contribution in [2.24, 2.45) is 5.10 Å². The van der Waals surface area contributed by atoms with Gasteiger partial charge in [-0.1, -0.05) is 66.7 Å². The van der Waals surface area contributed by atoms with Crippen LogP contribution in [0.25, 0.3) is 0 Å². The van der Waals surface area contributed by atoms with Crippen LogP contribution in [0.2, 0.25) is 0 Å². The van der Waals surface area contributed by atoms with Crippen molar-refractivity contribution < 1.29 is 4.79 Å². The van der Waals surface area contributed by atoms with E-state index < -0.39 is 0 Å². The second-order valence-corrected chi connectivity index (χ2v) is 6.42. The predicted molar refractivity (Wildman–Crippen MR) is 111 cm³/mol. The molecule has 0 aliphatic carbocycles. The van der Waals surface area contributed by atoms with E-state index in [1.165, 1.54) is 6.92 Å². The van der Waals surface area contributed by atoms with Gasteiger partial charge in [-0.15, -0.1) is 5.10 Å². The number of carbonyl (C=O) groups excluding carboxylic acids is 1. The first-order valence-electron chi connectivity index (χ1n) is 9.09. The van der Waals surface area contributed by atoms with Gasteiger partial charge in [-0.3, -0.25) is 9.69 Å². The Labute approximate surface area is 164 Å². The van der Waals surface area contributed by atoms with Crippen molar-refractivity contribution in [1.29, 1.82) is 0 Å². The molecule has 4 rings (SSSR count). The average Bonchev–Trinajstić information content (AvgIpc) is 3.14. The topological polar surface area (TPSA) is 35.9 Å². The van der Waals surface area contributed by atoms with Gasteiger partial charge in [-0.25, -0.2) is 5.01 Å². The molecule has 136 valence electrons. The number of amidine groups is 1. The van der Waals surface area contributed by atoms with Crippen molar-refractivity contribution in [1.82, 2.24) is 4.90 Å². The van der Waals surface area contributed by atoms with Crippen LogP contribution in [0.15, 0.2) is 96.1 Å². The lowest BCUT2D eigenvalue weighted by Gasteiger charge is -2.28. The van der Waals surface area contributed by atoms with Crippen molar-refractivity contribution >= 4 is 17.3 Å². The molecule has 0 amide bonds. The molecule has 0 radical (unpaired) electrons. The van der Waals surface area contributed by atoms with E-state index in [4.69, 9.17) is 0 Å². The Morgan fingerprint density at radius 2 is 1.43 bits per heavy atom. The summed E-state index contributed by atoms with van der Waals surface area (Å²) in [5, 5.41) is 6.49. The largest absolute Gasteiger partial charge is 0.291 e. The zero-order valence-electron chi connectivity index (χ0n) is 15.5. The molecule has 0 saturated heterocycles. The van der Waals surface area contributed by atoms with E-state index in [2.05, 4.69) is 17.1 Å². The average molecular weight is 365 g/mol. The third kappa shape index (κ3) is 3.51. The molecule has 0 bridgehead atoms. The molecule has 0 aromatic heterocycles. The van der Waals surface area contributed by atoms with Gasteiger partial charge >= 0.3 is 0 Å². The van der Waals surface area contributed by atoms with E-state index in [1.807, 2.05) is 96.0 Å². The van der Waals surface area contributed by atoms with Crippen molar-refractivity contribution in [3.05, 3.63) is 102 Å². The lowest BCUT2D eigenvalue weighted by Crippen LogP contribution is -2.34. The summed E-state index contributed by atoms with van der Waals surface area (Å²) in [6.45, 7) is 1.52. The molecule has 4 heteroatoms. The zero-order valence-corrected chi connectivity index (χ0v) is 15.5. The van der Waals surface area contributed by atoms with Crippen LogP contribution in [0.5, 0.6) is 0 Å². The number of nitrogens with zero attached hydrogens (tertiary/aromatic N) is 3. The smallest absolute Gasteiger partial charge is 0.206 e. The first-order chi connectivity index (χ1) is 13.7. The Hall–Kier alpha value is -3.84. The highest BCUT2D eigenvalue weighted by Crippen LogP contribution is 2.35. The summed E-state index contributed by atoms with van der Waals surface area (Å²) < 4.78 is 0. The summed E-state index contributed by atoms with van der Waals surface area (Å²) in [5.41, 5.74) is 2.79. The highest BCUT2D eigenvalue weighted by atomic mass is 16.1. The first kappa shape index (κ1) is 17.6. The van der Waals surface area contributed by atoms with Gasteiger partial charge in [-0.05, 0) is 35.7 Å². The summed E-state index contributed by atoms with van der Waals surface area (Å²) in [5.74, 6) is 3.37. The second kappa shape index (κ2) is 7.81. The molecule has 28 heavy (non-hydrogen) atoms. The Balaban J connectivity index is 1.82. The molecule has 1 heterocycles. The van der Waals surface area contributed by atoms with E-state index in [0.29, 0.717) is 5.84 Å². The second-order valence-electron chi connectivity index (χ2n) is 6.42. The van der Waals surface area contributed by atoms with E-state index in [-0.39, 0.29) is 11.9 Å². The maximum atomic E-state index is 12.4. The van der Waals surface area contributed by atoms with E-state index in [0.717, 1.165) is 16.8 Å². The summed E-state index contributed by atoms with van der Waals surface area (Å²) >= 11 is 0. The minimum atomic E-state index is -0.321. The normalized spacial score (nSPS) is 15.6. The fourth-order valence-electron chi connectivity index (χ4n) is 3.13. The molecule has 1 aliphatic heterocycles. The number of hydrazone groups is 1. The number of carbonyl (C=O) groups is 1. The molecule has 0 spiro atoms. The van der Waals surface area contributed by atoms with Gasteiger partial charge in [-0.2, -0.15) is 0 Å². The van der Waals surface area contributed by atoms with Crippen molar-refractivity contribution in [2.75, 3.05) is 5.01 Å². The van der Waals surface area contributed by atoms with Crippen molar-refractivity contribution in [3.63, 3.8) is 0 Å². The van der Waals surface area contributed by atoms with E-state index in [1.54, 1.807) is 4.90 Å². The van der Waals surface area contributed by atoms with Crippen LogP contribution >= 0.6 is 0 Å². The van der Waals surface area contributed by atoms with Crippen molar-refractivity contribution in [2.45, 2.75) is 13.1 Å². The SMILES string of the molecule is CC(=O)C1=NN(c2ccccc2)[C@@H](c2ccccc2)N1C#Cc1ccccc1. The quantitative estimate of drug-likeness (QED) is 0.645. The van der Waals surface area contributed by atoms with Crippen LogP contribution < -0.4 is 5.01 Å². The third-order valence-corrected chi connectivity index (χ3v) is 4.43. The lowest BCUT2D eigenvalue weighted by atomic mass is 10.1. The number of hydrogen-bond acceptors (Lipinski definition) is 4. The number of ketones is 1. The van der Waals surface area contributed by atoms with Crippen LogP contribution in [0.3, 0.4) is 0 Å². The molecular weight excluding hydrogens is 346 g/mol. The molecule has 3 aromatic rings. The van der Waals surface area contributed by atoms with Crippen molar-refractivity contribution in [3.8, 4) is 12.0 Å². The van der Waals surface area contributed by atoms with Crippen LogP contribution in [-0.4, -0.2) is 16.5 Å². The molecule has 3 aromatic carbocycles. The summed E-state index contributed by atoms with van der Waals surface area (Å²) in [6.07, 6.45) is -0.321. The highest BCUT2D eigenvalue weighted by molar-refractivity contribution is 6.39. The minimum absolute atomic E-state index is 0.123. The van der Waals surface area contributed by atoms with E-state index in [9.17, 15) is 4.79 Å². The first-order valence-corrected chi connectivity index (χ1v) is 9.09. The maximum Gasteiger partial charge on any atom is 0.206 e. The van der Waals surface area contributed by atoms with Gasteiger partial charge in [0.1, 0.15) is 0 Å². The summed E-state index contributed by atoms with van der Waals surface area (Å²) in [7, 11) is 0. The molecule has 0 N–H and O–H groups in total. The Bertz CT molecular complexity index is 1050. The zero-order chi connectivity index (χ0) is 19.3.